The van der Waals surface area contributed by atoms with E-state index in [4.69, 9.17) is 17.0 Å². The summed E-state index contributed by atoms with van der Waals surface area (Å²) in [6.45, 7) is 5.49. The third-order valence-electron chi connectivity index (χ3n) is 3.29. The normalized spacial score (nSPS) is 11.4. The molecule has 25 heavy (non-hydrogen) atoms. The summed E-state index contributed by atoms with van der Waals surface area (Å²) in [7, 11) is 0. The molecule has 0 heterocycles. The Morgan fingerprint density at radius 1 is 1.12 bits per heavy atom. The van der Waals surface area contributed by atoms with Crippen LogP contribution in [0.1, 0.15) is 18.1 Å². The largest absolute Gasteiger partial charge is 0.478 e. The number of rotatable bonds is 4. The second kappa shape index (κ2) is 8.43. The van der Waals surface area contributed by atoms with Crippen LogP contribution < -0.4 is 20.9 Å². The maximum atomic E-state index is 13.5. The van der Waals surface area contributed by atoms with Gasteiger partial charge in [0.2, 0.25) is 0 Å². The zero-order chi connectivity index (χ0) is 18.4. The summed E-state index contributed by atoms with van der Waals surface area (Å²) in [6.07, 6.45) is -0.895. The number of benzene rings is 2. The number of hydrogen-bond acceptors (Lipinski definition) is 3. The van der Waals surface area contributed by atoms with Crippen molar-refractivity contribution in [2.24, 2.45) is 0 Å². The highest BCUT2D eigenvalue weighted by atomic mass is 32.1. The summed E-state index contributed by atoms with van der Waals surface area (Å²) < 4.78 is 18.8. The minimum absolute atomic E-state index is 0.0149. The Bertz CT molecular complexity index is 762. The molecule has 0 saturated carbocycles. The van der Waals surface area contributed by atoms with Gasteiger partial charge >= 0.3 is 0 Å². The number of carbonyl (C=O) groups excluding carboxylic acids is 1. The van der Waals surface area contributed by atoms with Gasteiger partial charge < -0.3 is 10.1 Å². The van der Waals surface area contributed by atoms with Gasteiger partial charge in [0.1, 0.15) is 0 Å². The van der Waals surface area contributed by atoms with Crippen molar-refractivity contribution in [3.05, 3.63) is 59.4 Å². The molecule has 0 fully saturated rings. The van der Waals surface area contributed by atoms with E-state index in [1.807, 2.05) is 32.0 Å². The third-order valence-corrected chi connectivity index (χ3v) is 3.49. The van der Waals surface area contributed by atoms with Gasteiger partial charge in [0.15, 0.2) is 22.8 Å². The quantitative estimate of drug-likeness (QED) is 0.576. The highest BCUT2D eigenvalue weighted by Crippen LogP contribution is 2.17. The van der Waals surface area contributed by atoms with Crippen LogP contribution in [0.3, 0.4) is 0 Å². The summed E-state index contributed by atoms with van der Waals surface area (Å²) in [5.74, 6) is -0.990. The summed E-state index contributed by atoms with van der Waals surface area (Å²) >= 11 is 5.14. The molecule has 132 valence electrons. The van der Waals surface area contributed by atoms with Crippen LogP contribution in [0.15, 0.2) is 42.5 Å². The molecule has 5 nitrogen and oxygen atoms in total. The van der Waals surface area contributed by atoms with Crippen LogP contribution in [0.4, 0.5) is 10.1 Å². The van der Waals surface area contributed by atoms with Crippen molar-refractivity contribution < 1.29 is 13.9 Å². The minimum Gasteiger partial charge on any atom is -0.478 e. The smallest absolute Gasteiger partial charge is 0.279 e. The van der Waals surface area contributed by atoms with Crippen molar-refractivity contribution in [1.82, 2.24) is 10.9 Å². The average Bonchev–Trinajstić information content (AvgIpc) is 2.53. The van der Waals surface area contributed by atoms with Crippen molar-refractivity contribution in [3.8, 4) is 5.75 Å². The Morgan fingerprint density at radius 3 is 2.40 bits per heavy atom. The van der Waals surface area contributed by atoms with E-state index in [-0.39, 0.29) is 10.9 Å². The van der Waals surface area contributed by atoms with Gasteiger partial charge in [-0.15, -0.1) is 0 Å². The molecule has 0 aromatic heterocycles. The zero-order valence-corrected chi connectivity index (χ0v) is 15.0. The van der Waals surface area contributed by atoms with Gasteiger partial charge in [-0.1, -0.05) is 18.2 Å². The van der Waals surface area contributed by atoms with Gasteiger partial charge in [0.05, 0.1) is 0 Å². The molecule has 1 amide bonds. The first kappa shape index (κ1) is 18.7. The molecule has 3 N–H and O–H groups in total. The molecule has 0 aliphatic carbocycles. The van der Waals surface area contributed by atoms with Crippen LogP contribution in [-0.4, -0.2) is 17.1 Å². The summed E-state index contributed by atoms with van der Waals surface area (Å²) in [5.41, 5.74) is 8.05. The first-order valence-electron chi connectivity index (χ1n) is 7.71. The molecule has 0 unspecified atom stereocenters. The first-order valence-corrected chi connectivity index (χ1v) is 8.12. The monoisotopic (exact) mass is 361 g/mol. The number of amides is 1. The number of halogens is 1. The van der Waals surface area contributed by atoms with Gasteiger partial charge in [-0.25, -0.2) is 4.39 Å². The van der Waals surface area contributed by atoms with Gasteiger partial charge in [-0.2, -0.15) is 0 Å². The maximum absolute atomic E-state index is 13.5. The van der Waals surface area contributed by atoms with E-state index in [0.29, 0.717) is 0 Å². The number of hydrazine groups is 1. The first-order chi connectivity index (χ1) is 11.8. The molecule has 7 heteroatoms. The van der Waals surface area contributed by atoms with Gasteiger partial charge in [0.25, 0.3) is 5.91 Å². The molecule has 2 aromatic carbocycles. The number of para-hydroxylation sites is 1. The van der Waals surface area contributed by atoms with Crippen molar-refractivity contribution in [3.63, 3.8) is 0 Å². The fourth-order valence-electron chi connectivity index (χ4n) is 2.21. The fourth-order valence-corrected chi connectivity index (χ4v) is 2.38. The molecule has 0 aliphatic heterocycles. The summed E-state index contributed by atoms with van der Waals surface area (Å²) in [5, 5.41) is 3.21. The molecule has 0 aliphatic rings. The number of thiocarbonyl (C=S) groups is 1. The van der Waals surface area contributed by atoms with E-state index in [9.17, 15) is 9.18 Å². The van der Waals surface area contributed by atoms with Crippen LogP contribution in [0, 0.1) is 19.7 Å². The predicted molar refractivity (Wildman–Crippen MR) is 99.9 cm³/mol. The van der Waals surface area contributed by atoms with E-state index in [2.05, 4.69) is 16.2 Å². The molecular formula is C18H20FN3O2S. The fraction of sp³-hybridized carbons (Fsp3) is 0.222. The van der Waals surface area contributed by atoms with Crippen LogP contribution in [-0.2, 0) is 4.79 Å². The number of ether oxygens (including phenoxy) is 1. The predicted octanol–water partition coefficient (Wildman–Crippen LogP) is 3.23. The maximum Gasteiger partial charge on any atom is 0.279 e. The van der Waals surface area contributed by atoms with Crippen molar-refractivity contribution >= 4 is 28.9 Å². The molecule has 2 rings (SSSR count). The molecule has 1 atom stereocenters. The number of anilines is 1. The Balaban J connectivity index is 1.84. The topological polar surface area (TPSA) is 62.4 Å². The lowest BCUT2D eigenvalue weighted by Gasteiger charge is -2.17. The molecule has 0 spiro atoms. The lowest BCUT2D eigenvalue weighted by atomic mass is 10.1. The second-order valence-electron chi connectivity index (χ2n) is 5.64. The highest BCUT2D eigenvalue weighted by Gasteiger charge is 2.16. The zero-order valence-electron chi connectivity index (χ0n) is 14.2. The number of aryl methyl sites for hydroxylation is 2. The van der Waals surface area contributed by atoms with Gasteiger partial charge in [0, 0.05) is 5.69 Å². The van der Waals surface area contributed by atoms with Crippen LogP contribution in [0.25, 0.3) is 0 Å². The number of carbonyl (C=O) groups is 1. The van der Waals surface area contributed by atoms with E-state index < -0.39 is 17.8 Å². The summed E-state index contributed by atoms with van der Waals surface area (Å²) in [4.78, 5) is 12.0. The lowest BCUT2D eigenvalue weighted by Crippen LogP contribution is -2.48. The van der Waals surface area contributed by atoms with Gasteiger partial charge in [-0.05, 0) is 68.4 Å². The molecule has 0 radical (unpaired) electrons. The third kappa shape index (κ3) is 5.72. The van der Waals surface area contributed by atoms with E-state index in [1.165, 1.54) is 19.1 Å². The van der Waals surface area contributed by atoms with E-state index >= 15 is 0 Å². The number of nitrogens with one attached hydrogen (secondary N) is 3. The Labute approximate surface area is 151 Å². The van der Waals surface area contributed by atoms with Crippen molar-refractivity contribution in [2.45, 2.75) is 26.9 Å². The highest BCUT2D eigenvalue weighted by molar-refractivity contribution is 7.80. The minimum atomic E-state index is -0.895. The van der Waals surface area contributed by atoms with Crippen molar-refractivity contribution in [2.75, 3.05) is 5.32 Å². The van der Waals surface area contributed by atoms with Crippen molar-refractivity contribution in [1.29, 1.82) is 0 Å². The van der Waals surface area contributed by atoms with E-state index in [0.717, 1.165) is 16.8 Å². The van der Waals surface area contributed by atoms with Crippen LogP contribution in [0.2, 0.25) is 0 Å². The summed E-state index contributed by atoms with van der Waals surface area (Å²) in [6, 6.07) is 11.8. The SMILES string of the molecule is Cc1cc(C)cc(NC(=S)NNC(=O)[C@@H](C)Oc2ccccc2F)c1. The molecular weight excluding hydrogens is 341 g/mol. The molecule has 0 saturated heterocycles. The van der Waals surface area contributed by atoms with Crippen LogP contribution in [0.5, 0.6) is 5.75 Å². The standard InChI is InChI=1S/C18H20FN3O2S/c1-11-8-12(2)10-14(9-11)20-18(25)22-21-17(23)13(3)24-16-7-5-4-6-15(16)19/h4-10,13H,1-3H3,(H,21,23)(H2,20,22,25)/t13-/m1/s1. The van der Waals surface area contributed by atoms with Gasteiger partial charge in [-0.3, -0.25) is 15.6 Å². The lowest BCUT2D eigenvalue weighted by molar-refractivity contribution is -0.127. The Hall–Kier alpha value is -2.67. The van der Waals surface area contributed by atoms with E-state index in [1.54, 1.807) is 12.1 Å². The average molecular weight is 361 g/mol. The molecule has 2 aromatic rings. The second-order valence-corrected chi connectivity index (χ2v) is 6.04. The number of hydrogen-bond donors (Lipinski definition) is 3. The Morgan fingerprint density at radius 2 is 1.76 bits per heavy atom. The molecule has 0 bridgehead atoms. The van der Waals surface area contributed by atoms with Crippen LogP contribution >= 0.6 is 12.2 Å². The Kier molecular flexibility index (Phi) is 6.30.